The Labute approximate surface area is 88.5 Å². The lowest BCUT2D eigenvalue weighted by Crippen LogP contribution is -2.09. The molecule has 15 heavy (non-hydrogen) atoms. The highest BCUT2D eigenvalue weighted by Gasteiger charge is 2.06. The van der Waals surface area contributed by atoms with Crippen LogP contribution in [0.1, 0.15) is 6.92 Å². The number of hydrogen-bond donors (Lipinski definition) is 2. The number of carbonyl (C=O) groups is 1. The van der Waals surface area contributed by atoms with Crippen molar-refractivity contribution >= 4 is 28.7 Å². The molecular weight excluding hydrogens is 216 g/mol. The maximum atomic E-state index is 11.4. The number of aromatic amines is 2. The maximum absolute atomic E-state index is 11.4. The monoisotopic (exact) mass is 224 g/mol. The molecule has 0 bridgehead atoms. The van der Waals surface area contributed by atoms with E-state index < -0.39 is 0 Å². The highest BCUT2D eigenvalue weighted by atomic mass is 32.2. The fourth-order valence-corrected chi connectivity index (χ4v) is 1.72. The van der Waals surface area contributed by atoms with Crippen LogP contribution in [0.3, 0.4) is 0 Å². The molecule has 0 aliphatic carbocycles. The van der Waals surface area contributed by atoms with Gasteiger partial charge in [0.05, 0.1) is 12.1 Å². The first-order valence-electron chi connectivity index (χ1n) is 4.22. The Morgan fingerprint density at radius 1 is 1.60 bits per heavy atom. The van der Waals surface area contributed by atoms with E-state index in [1.54, 1.807) is 0 Å². The van der Waals surface area contributed by atoms with Gasteiger partial charge in [-0.25, -0.2) is 9.97 Å². The topological polar surface area (TPSA) is 91.5 Å². The van der Waals surface area contributed by atoms with Crippen LogP contribution < -0.4 is 5.56 Å². The lowest BCUT2D eigenvalue weighted by Gasteiger charge is -1.96. The van der Waals surface area contributed by atoms with Crippen molar-refractivity contribution in [3.05, 3.63) is 16.7 Å². The number of H-pyrrole nitrogens is 2. The minimum Gasteiger partial charge on any atom is -0.339 e. The first-order chi connectivity index (χ1) is 7.16. The molecule has 2 aromatic heterocycles. The van der Waals surface area contributed by atoms with Crippen LogP contribution in [0.5, 0.6) is 0 Å². The number of Topliss-reactive ketones (excluding diaryl/α,β-unsaturated/α-hetero) is 1. The van der Waals surface area contributed by atoms with E-state index in [-0.39, 0.29) is 11.3 Å². The number of rotatable bonds is 3. The molecule has 2 N–H and O–H groups in total. The maximum Gasteiger partial charge on any atom is 0.277 e. The van der Waals surface area contributed by atoms with E-state index in [1.165, 1.54) is 25.0 Å². The summed E-state index contributed by atoms with van der Waals surface area (Å²) >= 11 is 1.19. The van der Waals surface area contributed by atoms with Gasteiger partial charge in [-0.15, -0.1) is 0 Å². The van der Waals surface area contributed by atoms with Crippen LogP contribution >= 0.6 is 11.8 Å². The van der Waals surface area contributed by atoms with Crippen molar-refractivity contribution in [2.75, 3.05) is 5.75 Å². The Balaban J connectivity index is 2.36. The summed E-state index contributed by atoms with van der Waals surface area (Å²) in [6.45, 7) is 1.48. The molecule has 0 unspecified atom stereocenters. The standard InChI is InChI=1S/C8H8N4O2S/c1-4(13)2-15-8-11-6-5(7(14)12-8)9-3-10-6/h3H,2H2,1H3,(H2,9,10,11,12,14). The molecule has 78 valence electrons. The molecule has 0 saturated carbocycles. The van der Waals surface area contributed by atoms with Crippen LogP contribution in [0.2, 0.25) is 0 Å². The SMILES string of the molecule is CC(=O)CSc1nc2nc[nH]c2c(=O)[nH]1. The van der Waals surface area contributed by atoms with Crippen LogP contribution in [0.15, 0.2) is 16.3 Å². The van der Waals surface area contributed by atoms with Crippen LogP contribution in [-0.2, 0) is 4.79 Å². The van der Waals surface area contributed by atoms with Gasteiger partial charge in [-0.05, 0) is 6.92 Å². The number of carbonyl (C=O) groups excluding carboxylic acids is 1. The summed E-state index contributed by atoms with van der Waals surface area (Å²) < 4.78 is 0. The Hall–Kier alpha value is -1.63. The van der Waals surface area contributed by atoms with Crippen molar-refractivity contribution in [2.24, 2.45) is 0 Å². The van der Waals surface area contributed by atoms with Gasteiger partial charge in [-0.2, -0.15) is 0 Å². The second kappa shape index (κ2) is 3.85. The number of aromatic nitrogens is 4. The van der Waals surface area contributed by atoms with Crippen LogP contribution in [0, 0.1) is 0 Å². The summed E-state index contributed by atoms with van der Waals surface area (Å²) in [4.78, 5) is 35.4. The number of ketones is 1. The molecule has 0 radical (unpaired) electrons. The summed E-state index contributed by atoms with van der Waals surface area (Å²) in [7, 11) is 0. The first-order valence-corrected chi connectivity index (χ1v) is 5.21. The second-order valence-corrected chi connectivity index (χ2v) is 3.93. The van der Waals surface area contributed by atoms with Gasteiger partial charge in [-0.3, -0.25) is 14.6 Å². The van der Waals surface area contributed by atoms with E-state index >= 15 is 0 Å². The zero-order valence-electron chi connectivity index (χ0n) is 7.90. The van der Waals surface area contributed by atoms with Crippen molar-refractivity contribution in [2.45, 2.75) is 12.1 Å². The van der Waals surface area contributed by atoms with E-state index in [9.17, 15) is 9.59 Å². The molecule has 2 rings (SSSR count). The van der Waals surface area contributed by atoms with E-state index in [0.29, 0.717) is 22.1 Å². The Kier molecular flexibility index (Phi) is 2.55. The molecule has 0 atom stereocenters. The molecule has 0 spiro atoms. The minimum atomic E-state index is -0.274. The lowest BCUT2D eigenvalue weighted by molar-refractivity contribution is -0.114. The Bertz CT molecular complexity index is 559. The zero-order chi connectivity index (χ0) is 10.8. The van der Waals surface area contributed by atoms with E-state index in [1.807, 2.05) is 0 Å². The third kappa shape index (κ3) is 2.07. The van der Waals surface area contributed by atoms with Gasteiger partial charge < -0.3 is 4.98 Å². The number of nitrogens with zero attached hydrogens (tertiary/aromatic N) is 2. The molecule has 0 aliphatic rings. The van der Waals surface area contributed by atoms with Gasteiger partial charge in [0, 0.05) is 0 Å². The van der Waals surface area contributed by atoms with Crippen molar-refractivity contribution in [3.63, 3.8) is 0 Å². The molecule has 0 aromatic carbocycles. The van der Waals surface area contributed by atoms with Gasteiger partial charge in [-0.1, -0.05) is 11.8 Å². The van der Waals surface area contributed by atoms with Crippen LogP contribution in [0.25, 0.3) is 11.2 Å². The van der Waals surface area contributed by atoms with Gasteiger partial charge in [0.2, 0.25) is 0 Å². The summed E-state index contributed by atoms with van der Waals surface area (Å²) in [5.41, 5.74) is 0.440. The van der Waals surface area contributed by atoms with E-state index in [4.69, 9.17) is 0 Å². The van der Waals surface area contributed by atoms with Gasteiger partial charge >= 0.3 is 0 Å². The average molecular weight is 224 g/mol. The Morgan fingerprint density at radius 3 is 3.13 bits per heavy atom. The molecule has 0 fully saturated rings. The third-order valence-corrected chi connectivity index (χ3v) is 2.70. The third-order valence-electron chi connectivity index (χ3n) is 1.69. The lowest BCUT2D eigenvalue weighted by atomic mass is 10.5. The van der Waals surface area contributed by atoms with Crippen molar-refractivity contribution in [1.82, 2.24) is 19.9 Å². The fourth-order valence-electron chi connectivity index (χ4n) is 1.06. The highest BCUT2D eigenvalue weighted by Crippen LogP contribution is 2.12. The number of fused-ring (bicyclic) bond motifs is 1. The predicted octanol–water partition coefficient (Wildman–Crippen LogP) is 0.327. The molecule has 7 heteroatoms. The van der Waals surface area contributed by atoms with Crippen LogP contribution in [0.4, 0.5) is 0 Å². The number of hydrogen-bond acceptors (Lipinski definition) is 5. The van der Waals surface area contributed by atoms with Gasteiger partial charge in [0.1, 0.15) is 5.78 Å². The van der Waals surface area contributed by atoms with Gasteiger partial charge in [0.25, 0.3) is 5.56 Å². The summed E-state index contributed by atoms with van der Waals surface area (Å²) in [5, 5.41) is 0.412. The number of nitrogens with one attached hydrogen (secondary N) is 2. The predicted molar refractivity (Wildman–Crippen MR) is 55.9 cm³/mol. The van der Waals surface area contributed by atoms with Gasteiger partial charge in [0.15, 0.2) is 16.3 Å². The second-order valence-electron chi connectivity index (χ2n) is 2.96. The Morgan fingerprint density at radius 2 is 2.40 bits per heavy atom. The average Bonchev–Trinajstić information content (AvgIpc) is 2.63. The summed E-state index contributed by atoms with van der Waals surface area (Å²) in [5.74, 6) is 0.323. The normalized spacial score (nSPS) is 10.7. The van der Waals surface area contributed by atoms with Crippen molar-refractivity contribution in [1.29, 1.82) is 0 Å². The molecule has 2 aromatic rings. The first kappa shape index (κ1) is 9.91. The smallest absolute Gasteiger partial charge is 0.277 e. The molecule has 0 aliphatic heterocycles. The van der Waals surface area contributed by atoms with E-state index in [0.717, 1.165) is 0 Å². The minimum absolute atomic E-state index is 0.0322. The molecule has 0 saturated heterocycles. The molecule has 0 amide bonds. The zero-order valence-corrected chi connectivity index (χ0v) is 8.72. The highest BCUT2D eigenvalue weighted by molar-refractivity contribution is 7.99. The summed E-state index contributed by atoms with van der Waals surface area (Å²) in [6, 6.07) is 0. The quantitative estimate of drug-likeness (QED) is 0.579. The van der Waals surface area contributed by atoms with E-state index in [2.05, 4.69) is 19.9 Å². The van der Waals surface area contributed by atoms with Crippen molar-refractivity contribution < 1.29 is 4.79 Å². The largest absolute Gasteiger partial charge is 0.339 e. The molecular formula is C8H8N4O2S. The fraction of sp³-hybridized carbons (Fsp3) is 0.250. The number of thioether (sulfide) groups is 1. The van der Waals surface area contributed by atoms with Crippen LogP contribution in [-0.4, -0.2) is 31.5 Å². The molecule has 2 heterocycles. The van der Waals surface area contributed by atoms with Crippen molar-refractivity contribution in [3.8, 4) is 0 Å². The molecule has 6 nitrogen and oxygen atoms in total. The number of imidazole rings is 1. The summed E-state index contributed by atoms with van der Waals surface area (Å²) in [6.07, 6.45) is 1.41.